The van der Waals surface area contributed by atoms with E-state index in [4.69, 9.17) is 9.47 Å². The molecule has 0 aromatic heterocycles. The Hall–Kier alpha value is -0.940. The molecule has 1 fully saturated rings. The van der Waals surface area contributed by atoms with Gasteiger partial charge in [0.2, 0.25) is 0 Å². The van der Waals surface area contributed by atoms with Crippen LogP contribution in [-0.2, 0) is 9.47 Å². The van der Waals surface area contributed by atoms with Crippen LogP contribution in [0.1, 0.15) is 23.7 Å². The summed E-state index contributed by atoms with van der Waals surface area (Å²) < 4.78 is 10.5. The lowest BCUT2D eigenvalue weighted by Crippen LogP contribution is -2.28. The lowest BCUT2D eigenvalue weighted by molar-refractivity contribution is -0.0677. The quantitative estimate of drug-likeness (QED) is 0.795. The largest absolute Gasteiger partial charge is 0.387 e. The van der Waals surface area contributed by atoms with Gasteiger partial charge >= 0.3 is 0 Å². The molecule has 0 saturated carbocycles. The zero-order valence-electron chi connectivity index (χ0n) is 11.7. The van der Waals surface area contributed by atoms with Crippen LogP contribution in [0.2, 0.25) is 0 Å². The van der Waals surface area contributed by atoms with E-state index in [1.165, 1.54) is 5.56 Å². The highest BCUT2D eigenvalue weighted by atomic mass is 16.7. The number of ether oxygens (including phenoxy) is 2. The van der Waals surface area contributed by atoms with Crippen molar-refractivity contribution in [1.29, 1.82) is 0 Å². The van der Waals surface area contributed by atoms with Crippen molar-refractivity contribution in [2.24, 2.45) is 0 Å². The Bertz CT molecular complexity index is 397. The Morgan fingerprint density at radius 1 is 1.47 bits per heavy atom. The first kappa shape index (κ1) is 14.5. The molecule has 0 bridgehead atoms. The fourth-order valence-electron chi connectivity index (χ4n) is 2.49. The number of rotatable bonds is 6. The van der Waals surface area contributed by atoms with Crippen LogP contribution in [0.4, 0.5) is 0 Å². The summed E-state index contributed by atoms with van der Waals surface area (Å²) in [7, 11) is 1.63. The monoisotopic (exact) mass is 265 g/mol. The molecule has 2 atom stereocenters. The topological polar surface area (TPSA) is 41.9 Å². The van der Waals surface area contributed by atoms with E-state index in [1.807, 2.05) is 31.2 Å². The Morgan fingerprint density at radius 2 is 2.32 bits per heavy atom. The molecule has 0 unspecified atom stereocenters. The first-order valence-electron chi connectivity index (χ1n) is 6.76. The van der Waals surface area contributed by atoms with Gasteiger partial charge in [-0.05, 0) is 18.9 Å². The molecular formula is C15H23NO3. The molecule has 1 N–H and O–H groups in total. The number of aliphatic hydroxyl groups excluding tert-OH is 1. The van der Waals surface area contributed by atoms with Gasteiger partial charge in [-0.15, -0.1) is 0 Å². The van der Waals surface area contributed by atoms with Gasteiger partial charge in [-0.1, -0.05) is 29.8 Å². The van der Waals surface area contributed by atoms with Gasteiger partial charge in [0.1, 0.15) is 6.79 Å². The standard InChI is InChI=1S/C15H23NO3/c1-12-4-3-5-13(8-12)15(17)10-16-7-6-14(9-16)19-11-18-2/h3-5,8,14-15,17H,6-7,9-11H2,1-2H3/t14-,15+/m0/s1. The molecule has 2 rings (SSSR count). The Balaban J connectivity index is 1.82. The van der Waals surface area contributed by atoms with E-state index in [1.54, 1.807) is 7.11 Å². The predicted molar refractivity (Wildman–Crippen MR) is 73.9 cm³/mol. The number of methoxy groups -OCH3 is 1. The normalized spacial score (nSPS) is 21.7. The molecule has 106 valence electrons. The predicted octanol–water partition coefficient (Wildman–Crippen LogP) is 1.72. The van der Waals surface area contributed by atoms with Crippen molar-refractivity contribution in [1.82, 2.24) is 4.90 Å². The van der Waals surface area contributed by atoms with Crippen LogP contribution in [-0.4, -0.2) is 49.6 Å². The van der Waals surface area contributed by atoms with Crippen molar-refractivity contribution in [3.05, 3.63) is 35.4 Å². The zero-order valence-corrected chi connectivity index (χ0v) is 11.7. The molecule has 1 aromatic carbocycles. The molecule has 0 aliphatic carbocycles. The highest BCUT2D eigenvalue weighted by molar-refractivity contribution is 5.24. The molecule has 1 heterocycles. The molecule has 4 heteroatoms. The van der Waals surface area contributed by atoms with Crippen LogP contribution >= 0.6 is 0 Å². The summed E-state index contributed by atoms with van der Waals surface area (Å²) in [5.74, 6) is 0. The van der Waals surface area contributed by atoms with E-state index < -0.39 is 6.10 Å². The van der Waals surface area contributed by atoms with Gasteiger partial charge in [-0.2, -0.15) is 0 Å². The third-order valence-corrected chi connectivity index (χ3v) is 3.51. The van der Waals surface area contributed by atoms with E-state index in [9.17, 15) is 5.11 Å². The first-order chi connectivity index (χ1) is 9.19. The third-order valence-electron chi connectivity index (χ3n) is 3.51. The van der Waals surface area contributed by atoms with Gasteiger partial charge in [0.15, 0.2) is 0 Å². The van der Waals surface area contributed by atoms with E-state index in [0.717, 1.165) is 25.1 Å². The average Bonchev–Trinajstić information content (AvgIpc) is 2.84. The minimum absolute atomic E-state index is 0.227. The highest BCUT2D eigenvalue weighted by Crippen LogP contribution is 2.19. The second-order valence-electron chi connectivity index (χ2n) is 5.17. The van der Waals surface area contributed by atoms with Gasteiger partial charge in [-0.25, -0.2) is 0 Å². The van der Waals surface area contributed by atoms with Gasteiger partial charge in [-0.3, -0.25) is 4.90 Å². The van der Waals surface area contributed by atoms with Crippen molar-refractivity contribution in [3.8, 4) is 0 Å². The van der Waals surface area contributed by atoms with E-state index in [-0.39, 0.29) is 6.10 Å². The van der Waals surface area contributed by atoms with Crippen molar-refractivity contribution < 1.29 is 14.6 Å². The number of aliphatic hydroxyl groups is 1. The minimum atomic E-state index is -0.430. The SMILES string of the molecule is COCO[C@H]1CCN(C[C@@H](O)c2cccc(C)c2)C1. The van der Waals surface area contributed by atoms with Gasteiger partial charge in [0.25, 0.3) is 0 Å². The lowest BCUT2D eigenvalue weighted by atomic mass is 10.1. The van der Waals surface area contributed by atoms with Crippen molar-refractivity contribution in [2.75, 3.05) is 33.5 Å². The third kappa shape index (κ3) is 4.28. The van der Waals surface area contributed by atoms with E-state index >= 15 is 0 Å². The number of β-amino-alcohol motifs (C(OH)–C–C–N with tert-alkyl or cyclic N) is 1. The van der Waals surface area contributed by atoms with E-state index in [2.05, 4.69) is 4.90 Å². The smallest absolute Gasteiger partial charge is 0.146 e. The van der Waals surface area contributed by atoms with Crippen LogP contribution in [0.15, 0.2) is 24.3 Å². The van der Waals surface area contributed by atoms with Gasteiger partial charge in [0, 0.05) is 26.7 Å². The maximum atomic E-state index is 10.3. The molecule has 0 amide bonds. The van der Waals surface area contributed by atoms with Gasteiger partial charge in [0.05, 0.1) is 12.2 Å². The molecular weight excluding hydrogens is 242 g/mol. The summed E-state index contributed by atoms with van der Waals surface area (Å²) in [6.07, 6.45) is 0.801. The number of hydrogen-bond acceptors (Lipinski definition) is 4. The Morgan fingerprint density at radius 3 is 3.05 bits per heavy atom. The molecule has 0 radical (unpaired) electrons. The molecule has 1 saturated heterocycles. The summed E-state index contributed by atoms with van der Waals surface area (Å²) in [6, 6.07) is 8.05. The number of nitrogens with zero attached hydrogens (tertiary/aromatic N) is 1. The van der Waals surface area contributed by atoms with Crippen LogP contribution in [0.25, 0.3) is 0 Å². The maximum absolute atomic E-state index is 10.3. The molecule has 0 spiro atoms. The Labute approximate surface area is 114 Å². The summed E-state index contributed by atoms with van der Waals surface area (Å²) in [6.45, 7) is 4.89. The maximum Gasteiger partial charge on any atom is 0.146 e. The summed E-state index contributed by atoms with van der Waals surface area (Å²) in [5.41, 5.74) is 2.17. The van der Waals surface area contributed by atoms with Crippen LogP contribution in [0.3, 0.4) is 0 Å². The fraction of sp³-hybridized carbons (Fsp3) is 0.600. The molecule has 1 aliphatic heterocycles. The zero-order chi connectivity index (χ0) is 13.7. The van der Waals surface area contributed by atoms with Gasteiger partial charge < -0.3 is 14.6 Å². The van der Waals surface area contributed by atoms with Crippen LogP contribution < -0.4 is 0 Å². The first-order valence-corrected chi connectivity index (χ1v) is 6.76. The van der Waals surface area contributed by atoms with E-state index in [0.29, 0.717) is 13.3 Å². The minimum Gasteiger partial charge on any atom is -0.387 e. The Kier molecular flexibility index (Phi) is 5.34. The number of likely N-dealkylation sites (tertiary alicyclic amines) is 1. The van der Waals surface area contributed by atoms with Crippen LogP contribution in [0.5, 0.6) is 0 Å². The van der Waals surface area contributed by atoms with Crippen molar-refractivity contribution in [2.45, 2.75) is 25.6 Å². The summed E-state index contributed by atoms with van der Waals surface area (Å²) >= 11 is 0. The van der Waals surface area contributed by atoms with Crippen molar-refractivity contribution in [3.63, 3.8) is 0 Å². The molecule has 1 aliphatic rings. The van der Waals surface area contributed by atoms with Crippen molar-refractivity contribution >= 4 is 0 Å². The average molecular weight is 265 g/mol. The molecule has 4 nitrogen and oxygen atoms in total. The number of aryl methyl sites for hydroxylation is 1. The number of hydrogen-bond donors (Lipinski definition) is 1. The molecule has 19 heavy (non-hydrogen) atoms. The second kappa shape index (κ2) is 7.01. The summed E-state index contributed by atoms with van der Waals surface area (Å²) in [4.78, 5) is 2.24. The lowest BCUT2D eigenvalue weighted by Gasteiger charge is -2.20. The number of benzene rings is 1. The molecule has 1 aromatic rings. The summed E-state index contributed by atoms with van der Waals surface area (Å²) in [5, 5.41) is 10.3. The fourth-order valence-corrected chi connectivity index (χ4v) is 2.49. The highest BCUT2D eigenvalue weighted by Gasteiger charge is 2.25. The van der Waals surface area contributed by atoms with Crippen LogP contribution in [0, 0.1) is 6.92 Å². The second-order valence-corrected chi connectivity index (χ2v) is 5.17.